The highest BCUT2D eigenvalue weighted by atomic mass is 16.1. The van der Waals surface area contributed by atoms with E-state index in [4.69, 9.17) is 0 Å². The number of carbonyl (C=O) groups is 1. The van der Waals surface area contributed by atoms with Crippen LogP contribution in [0.1, 0.15) is 26.2 Å². The van der Waals surface area contributed by atoms with Crippen molar-refractivity contribution in [3.05, 3.63) is 12.2 Å². The summed E-state index contributed by atoms with van der Waals surface area (Å²) >= 11 is 0. The fraction of sp³-hybridized carbons (Fsp3) is 0.667. The van der Waals surface area contributed by atoms with Crippen LogP contribution in [0.15, 0.2) is 12.2 Å². The molecule has 0 heterocycles. The monoisotopic (exact) mass is 138 g/mol. The molecule has 1 aliphatic rings. The van der Waals surface area contributed by atoms with E-state index in [-0.39, 0.29) is 0 Å². The van der Waals surface area contributed by atoms with Crippen LogP contribution in [-0.2, 0) is 4.79 Å². The van der Waals surface area contributed by atoms with Crippen LogP contribution < -0.4 is 0 Å². The second-order valence-corrected chi connectivity index (χ2v) is 3.15. The molecule has 0 bridgehead atoms. The van der Waals surface area contributed by atoms with E-state index in [1.807, 2.05) is 0 Å². The average molecular weight is 138 g/mol. The Morgan fingerprint density at radius 1 is 1.70 bits per heavy atom. The Kier molecular flexibility index (Phi) is 2.67. The van der Waals surface area contributed by atoms with Crippen LogP contribution in [0.2, 0.25) is 0 Å². The molecule has 56 valence electrons. The molecule has 0 aromatic heterocycles. The van der Waals surface area contributed by atoms with Crippen LogP contribution in [0.25, 0.3) is 0 Å². The molecule has 0 unspecified atom stereocenters. The summed E-state index contributed by atoms with van der Waals surface area (Å²) in [5, 5.41) is 0. The molecular formula is C9H14O. The van der Waals surface area contributed by atoms with Crippen molar-refractivity contribution >= 4 is 6.29 Å². The molecule has 0 saturated heterocycles. The fourth-order valence-corrected chi connectivity index (χ4v) is 1.53. The molecule has 0 aliphatic heterocycles. The average Bonchev–Trinajstić information content (AvgIpc) is 1.88. The number of allylic oxidation sites excluding steroid dienone is 2. The van der Waals surface area contributed by atoms with Crippen LogP contribution in [0.4, 0.5) is 0 Å². The van der Waals surface area contributed by atoms with Gasteiger partial charge in [-0.2, -0.15) is 0 Å². The quantitative estimate of drug-likeness (QED) is 0.422. The topological polar surface area (TPSA) is 17.1 Å². The summed E-state index contributed by atoms with van der Waals surface area (Å²) in [6, 6.07) is 0. The lowest BCUT2D eigenvalue weighted by Gasteiger charge is -2.19. The lowest BCUT2D eigenvalue weighted by atomic mass is 9.86. The molecule has 1 heteroatoms. The van der Waals surface area contributed by atoms with Gasteiger partial charge >= 0.3 is 0 Å². The molecule has 0 spiro atoms. The third kappa shape index (κ3) is 1.98. The first-order chi connectivity index (χ1) is 4.83. The summed E-state index contributed by atoms with van der Waals surface area (Å²) in [6.45, 7) is 2.20. The van der Waals surface area contributed by atoms with Crippen molar-refractivity contribution in [2.75, 3.05) is 0 Å². The van der Waals surface area contributed by atoms with Crippen molar-refractivity contribution in [3.8, 4) is 0 Å². The summed E-state index contributed by atoms with van der Waals surface area (Å²) in [5.74, 6) is 1.30. The summed E-state index contributed by atoms with van der Waals surface area (Å²) in [5.41, 5.74) is 0. The SMILES string of the molecule is C[C@@H]1C=CC[C@H](CC=O)C1. The zero-order valence-corrected chi connectivity index (χ0v) is 6.42. The van der Waals surface area contributed by atoms with Crippen LogP contribution in [0.5, 0.6) is 0 Å². The molecule has 0 amide bonds. The van der Waals surface area contributed by atoms with Crippen LogP contribution in [0, 0.1) is 11.8 Å². The van der Waals surface area contributed by atoms with Gasteiger partial charge in [0.1, 0.15) is 6.29 Å². The van der Waals surface area contributed by atoms with E-state index in [1.165, 1.54) is 6.42 Å². The number of rotatable bonds is 2. The lowest BCUT2D eigenvalue weighted by Crippen LogP contribution is -2.08. The van der Waals surface area contributed by atoms with Crippen molar-refractivity contribution in [2.45, 2.75) is 26.2 Å². The van der Waals surface area contributed by atoms with Gasteiger partial charge in [-0.3, -0.25) is 0 Å². The van der Waals surface area contributed by atoms with E-state index in [9.17, 15) is 4.79 Å². The molecule has 0 fully saturated rings. The smallest absolute Gasteiger partial charge is 0.120 e. The van der Waals surface area contributed by atoms with Gasteiger partial charge < -0.3 is 4.79 Å². The summed E-state index contributed by atoms with van der Waals surface area (Å²) in [6.07, 6.45) is 8.51. The zero-order valence-electron chi connectivity index (χ0n) is 6.42. The molecule has 0 radical (unpaired) electrons. The maximum Gasteiger partial charge on any atom is 0.120 e. The van der Waals surface area contributed by atoms with Crippen LogP contribution in [-0.4, -0.2) is 6.29 Å². The maximum absolute atomic E-state index is 10.2. The van der Waals surface area contributed by atoms with E-state index in [2.05, 4.69) is 19.1 Å². The Morgan fingerprint density at radius 2 is 2.50 bits per heavy atom. The van der Waals surface area contributed by atoms with Gasteiger partial charge in [-0.15, -0.1) is 0 Å². The van der Waals surface area contributed by atoms with Crippen LogP contribution in [0.3, 0.4) is 0 Å². The van der Waals surface area contributed by atoms with E-state index in [0.717, 1.165) is 19.1 Å². The standard InChI is InChI=1S/C9H14O/c1-8-3-2-4-9(7-8)5-6-10/h2-3,6,8-9H,4-5,7H2,1H3/t8-,9-/m1/s1. The normalized spacial score (nSPS) is 32.1. The second-order valence-electron chi connectivity index (χ2n) is 3.15. The van der Waals surface area contributed by atoms with Gasteiger partial charge in [0, 0.05) is 6.42 Å². The molecule has 1 nitrogen and oxygen atoms in total. The molecule has 2 atom stereocenters. The van der Waals surface area contributed by atoms with E-state index >= 15 is 0 Å². The van der Waals surface area contributed by atoms with Gasteiger partial charge in [0.2, 0.25) is 0 Å². The first-order valence-corrected chi connectivity index (χ1v) is 3.93. The first-order valence-electron chi connectivity index (χ1n) is 3.93. The van der Waals surface area contributed by atoms with E-state index < -0.39 is 0 Å². The molecule has 0 aromatic rings. The van der Waals surface area contributed by atoms with E-state index in [0.29, 0.717) is 11.8 Å². The highest BCUT2D eigenvalue weighted by Gasteiger charge is 2.13. The Balaban J connectivity index is 2.36. The van der Waals surface area contributed by atoms with Gasteiger partial charge in [0.05, 0.1) is 0 Å². The maximum atomic E-state index is 10.2. The highest BCUT2D eigenvalue weighted by Crippen LogP contribution is 2.24. The van der Waals surface area contributed by atoms with Crippen molar-refractivity contribution in [3.63, 3.8) is 0 Å². The molecule has 10 heavy (non-hydrogen) atoms. The molecule has 1 aliphatic carbocycles. The van der Waals surface area contributed by atoms with Crippen molar-refractivity contribution < 1.29 is 4.79 Å². The van der Waals surface area contributed by atoms with Crippen LogP contribution >= 0.6 is 0 Å². The molecule has 0 saturated carbocycles. The van der Waals surface area contributed by atoms with Gasteiger partial charge in [-0.05, 0) is 24.7 Å². The molecule has 1 rings (SSSR count). The minimum Gasteiger partial charge on any atom is -0.303 e. The fourth-order valence-electron chi connectivity index (χ4n) is 1.53. The molecule has 0 aromatic carbocycles. The Hall–Kier alpha value is -0.590. The van der Waals surface area contributed by atoms with E-state index in [1.54, 1.807) is 0 Å². The zero-order chi connectivity index (χ0) is 7.40. The third-order valence-electron chi connectivity index (χ3n) is 2.07. The third-order valence-corrected chi connectivity index (χ3v) is 2.07. The Bertz CT molecular complexity index is 138. The number of carbonyl (C=O) groups excluding carboxylic acids is 1. The van der Waals surface area contributed by atoms with Gasteiger partial charge in [-0.1, -0.05) is 19.1 Å². The summed E-state index contributed by atoms with van der Waals surface area (Å²) in [7, 11) is 0. The molecular weight excluding hydrogens is 124 g/mol. The van der Waals surface area contributed by atoms with Gasteiger partial charge in [0.25, 0.3) is 0 Å². The predicted octanol–water partition coefficient (Wildman–Crippen LogP) is 2.18. The molecule has 0 N–H and O–H groups in total. The number of hydrogen-bond donors (Lipinski definition) is 0. The number of aldehydes is 1. The Labute approximate surface area is 62.1 Å². The van der Waals surface area contributed by atoms with Gasteiger partial charge in [-0.25, -0.2) is 0 Å². The first kappa shape index (κ1) is 7.52. The second kappa shape index (κ2) is 3.55. The van der Waals surface area contributed by atoms with Crippen molar-refractivity contribution in [1.29, 1.82) is 0 Å². The highest BCUT2D eigenvalue weighted by molar-refractivity contribution is 5.49. The summed E-state index contributed by atoms with van der Waals surface area (Å²) in [4.78, 5) is 10.2. The largest absolute Gasteiger partial charge is 0.303 e. The van der Waals surface area contributed by atoms with Gasteiger partial charge in [0.15, 0.2) is 0 Å². The Morgan fingerprint density at radius 3 is 3.10 bits per heavy atom. The lowest BCUT2D eigenvalue weighted by molar-refractivity contribution is -0.108. The van der Waals surface area contributed by atoms with Crippen molar-refractivity contribution in [1.82, 2.24) is 0 Å². The van der Waals surface area contributed by atoms with Crippen molar-refractivity contribution in [2.24, 2.45) is 11.8 Å². The minimum atomic E-state index is 0.623. The number of hydrogen-bond acceptors (Lipinski definition) is 1. The predicted molar refractivity (Wildman–Crippen MR) is 41.7 cm³/mol. The minimum absolute atomic E-state index is 0.623. The summed E-state index contributed by atoms with van der Waals surface area (Å²) < 4.78 is 0.